The van der Waals surface area contributed by atoms with Crippen LogP contribution in [-0.2, 0) is 0 Å². The summed E-state index contributed by atoms with van der Waals surface area (Å²) in [5, 5.41) is 11.1. The van der Waals surface area contributed by atoms with Gasteiger partial charge in [0.25, 0.3) is 5.69 Å². The van der Waals surface area contributed by atoms with Crippen LogP contribution in [0.15, 0.2) is 40.4 Å². The summed E-state index contributed by atoms with van der Waals surface area (Å²) in [4.78, 5) is 14.5. The Kier molecular flexibility index (Phi) is 3.75. The maximum Gasteiger partial charge on any atom is 0.287 e. The van der Waals surface area contributed by atoms with Crippen LogP contribution in [-0.4, -0.2) is 9.91 Å². The highest BCUT2D eigenvalue weighted by Gasteiger charge is 2.11. The van der Waals surface area contributed by atoms with Gasteiger partial charge in [-0.05, 0) is 30.7 Å². The first-order chi connectivity index (χ1) is 8.97. The Bertz CT molecular complexity index is 650. The normalized spacial score (nSPS) is 10.5. The van der Waals surface area contributed by atoms with Crippen LogP contribution in [0.2, 0.25) is 0 Å². The van der Waals surface area contributed by atoms with Gasteiger partial charge in [-0.3, -0.25) is 10.1 Å². The Balaban J connectivity index is 2.28. The van der Waals surface area contributed by atoms with Gasteiger partial charge in [0, 0.05) is 11.0 Å². The maximum atomic E-state index is 13.1. The van der Waals surface area contributed by atoms with Gasteiger partial charge >= 0.3 is 0 Å². The van der Waals surface area contributed by atoms with Crippen molar-refractivity contribution in [1.29, 1.82) is 0 Å². The molecular weight excluding hydrogens is 274 g/mol. The van der Waals surface area contributed by atoms with Gasteiger partial charge in [-0.2, -0.15) is 0 Å². The van der Waals surface area contributed by atoms with E-state index in [4.69, 9.17) is 0 Å². The third-order valence-electron chi connectivity index (χ3n) is 2.33. The maximum absolute atomic E-state index is 13.1. The second kappa shape index (κ2) is 5.31. The predicted octanol–water partition coefficient (Wildman–Crippen LogP) is 3.73. The zero-order valence-electron chi connectivity index (χ0n) is 9.76. The van der Waals surface area contributed by atoms with Crippen molar-refractivity contribution in [2.24, 2.45) is 0 Å². The third-order valence-corrected chi connectivity index (χ3v) is 3.44. The molecule has 1 aromatic carbocycles. The van der Waals surface area contributed by atoms with Crippen molar-refractivity contribution < 1.29 is 13.7 Å². The first-order valence-corrected chi connectivity index (χ1v) is 6.03. The largest absolute Gasteiger partial charge is 0.287 e. The molecule has 0 bridgehead atoms. The molecule has 0 fully saturated rings. The summed E-state index contributed by atoms with van der Waals surface area (Å²) in [7, 11) is 0. The van der Waals surface area contributed by atoms with Crippen molar-refractivity contribution in [3.05, 3.63) is 57.8 Å². The van der Waals surface area contributed by atoms with Crippen LogP contribution >= 0.6 is 11.8 Å². The van der Waals surface area contributed by atoms with E-state index in [0.717, 1.165) is 30.1 Å². The Morgan fingerprint density at radius 1 is 1.26 bits per heavy atom. The van der Waals surface area contributed by atoms with Crippen LogP contribution in [0.25, 0.3) is 0 Å². The summed E-state index contributed by atoms with van der Waals surface area (Å²) in [6.45, 7) is 1.67. The SMILES string of the molecule is Cc1cc([N+](=O)[O-])cnc1Sc1ccc(F)c(F)c1. The molecule has 0 saturated heterocycles. The molecule has 0 aliphatic heterocycles. The van der Waals surface area contributed by atoms with E-state index in [1.165, 1.54) is 12.1 Å². The van der Waals surface area contributed by atoms with Crippen molar-refractivity contribution in [2.75, 3.05) is 0 Å². The molecule has 0 spiro atoms. The standard InChI is InChI=1S/C12H8F2N2O2S/c1-7-4-8(16(17)18)6-15-12(7)19-9-2-3-10(13)11(14)5-9/h2-6H,1H3. The molecule has 7 heteroatoms. The third kappa shape index (κ3) is 3.05. The average molecular weight is 282 g/mol. The summed E-state index contributed by atoms with van der Waals surface area (Å²) in [6, 6.07) is 4.89. The molecule has 0 radical (unpaired) electrons. The second-order valence-electron chi connectivity index (χ2n) is 3.75. The fourth-order valence-electron chi connectivity index (χ4n) is 1.41. The number of hydrogen-bond donors (Lipinski definition) is 0. The number of hydrogen-bond acceptors (Lipinski definition) is 4. The van der Waals surface area contributed by atoms with Crippen molar-refractivity contribution in [1.82, 2.24) is 4.98 Å². The number of rotatable bonds is 3. The van der Waals surface area contributed by atoms with Gasteiger partial charge in [-0.25, -0.2) is 13.8 Å². The Hall–Kier alpha value is -2.02. The molecule has 0 amide bonds. The lowest BCUT2D eigenvalue weighted by atomic mass is 10.3. The summed E-state index contributed by atoms with van der Waals surface area (Å²) < 4.78 is 25.8. The number of aromatic nitrogens is 1. The van der Waals surface area contributed by atoms with Gasteiger partial charge in [0.2, 0.25) is 0 Å². The van der Waals surface area contributed by atoms with E-state index >= 15 is 0 Å². The lowest BCUT2D eigenvalue weighted by molar-refractivity contribution is -0.385. The van der Waals surface area contributed by atoms with Gasteiger partial charge in [-0.1, -0.05) is 11.8 Å². The molecule has 98 valence electrons. The monoisotopic (exact) mass is 282 g/mol. The van der Waals surface area contributed by atoms with Gasteiger partial charge in [0.05, 0.1) is 4.92 Å². The van der Waals surface area contributed by atoms with Crippen molar-refractivity contribution in [2.45, 2.75) is 16.8 Å². The molecule has 0 unspecified atom stereocenters. The fourth-order valence-corrected chi connectivity index (χ4v) is 2.25. The van der Waals surface area contributed by atoms with Crippen LogP contribution in [0.5, 0.6) is 0 Å². The van der Waals surface area contributed by atoms with E-state index in [2.05, 4.69) is 4.98 Å². The summed E-state index contributed by atoms with van der Waals surface area (Å²) in [5.74, 6) is -1.86. The second-order valence-corrected chi connectivity index (χ2v) is 4.81. The molecule has 19 heavy (non-hydrogen) atoms. The average Bonchev–Trinajstić information content (AvgIpc) is 2.36. The fraction of sp³-hybridized carbons (Fsp3) is 0.0833. The first kappa shape index (κ1) is 13.4. The molecule has 4 nitrogen and oxygen atoms in total. The molecule has 2 rings (SSSR count). The number of aryl methyl sites for hydroxylation is 1. The molecule has 2 aromatic rings. The molecule has 0 aliphatic rings. The molecule has 0 saturated carbocycles. The van der Waals surface area contributed by atoms with Crippen LogP contribution < -0.4 is 0 Å². The zero-order valence-corrected chi connectivity index (χ0v) is 10.6. The number of halogens is 2. The molecule has 0 aliphatic carbocycles. The van der Waals surface area contributed by atoms with E-state index in [1.54, 1.807) is 6.92 Å². The van der Waals surface area contributed by atoms with E-state index < -0.39 is 16.6 Å². The Morgan fingerprint density at radius 2 is 2.00 bits per heavy atom. The predicted molar refractivity (Wildman–Crippen MR) is 66.1 cm³/mol. The van der Waals surface area contributed by atoms with E-state index in [9.17, 15) is 18.9 Å². The van der Waals surface area contributed by atoms with Crippen LogP contribution in [0.4, 0.5) is 14.5 Å². The minimum absolute atomic E-state index is 0.105. The van der Waals surface area contributed by atoms with Crippen LogP contribution in [0, 0.1) is 28.7 Å². The lowest BCUT2D eigenvalue weighted by Crippen LogP contribution is -1.93. The van der Waals surface area contributed by atoms with Crippen LogP contribution in [0.3, 0.4) is 0 Å². The minimum atomic E-state index is -0.940. The van der Waals surface area contributed by atoms with E-state index in [-0.39, 0.29) is 5.69 Å². The quantitative estimate of drug-likeness (QED) is 0.636. The molecule has 1 aromatic heterocycles. The lowest BCUT2D eigenvalue weighted by Gasteiger charge is -2.04. The zero-order chi connectivity index (χ0) is 14.0. The molecule has 1 heterocycles. The highest BCUT2D eigenvalue weighted by atomic mass is 32.2. The Labute approximate surface area is 111 Å². The highest BCUT2D eigenvalue weighted by molar-refractivity contribution is 7.99. The smallest absolute Gasteiger partial charge is 0.258 e. The number of nitrogens with zero attached hydrogens (tertiary/aromatic N) is 2. The van der Waals surface area contributed by atoms with Crippen molar-refractivity contribution in [3.8, 4) is 0 Å². The molecule has 0 atom stereocenters. The van der Waals surface area contributed by atoms with Gasteiger partial charge in [0.15, 0.2) is 11.6 Å². The topological polar surface area (TPSA) is 56.0 Å². The highest BCUT2D eigenvalue weighted by Crippen LogP contribution is 2.30. The summed E-state index contributed by atoms with van der Waals surface area (Å²) in [6.07, 6.45) is 1.13. The van der Waals surface area contributed by atoms with E-state index in [0.29, 0.717) is 15.5 Å². The number of pyridine rings is 1. The molecular formula is C12H8F2N2O2S. The van der Waals surface area contributed by atoms with Crippen molar-refractivity contribution in [3.63, 3.8) is 0 Å². The van der Waals surface area contributed by atoms with E-state index in [1.807, 2.05) is 0 Å². The summed E-state index contributed by atoms with van der Waals surface area (Å²) in [5.41, 5.74) is 0.496. The number of nitro groups is 1. The summed E-state index contributed by atoms with van der Waals surface area (Å²) >= 11 is 1.12. The number of benzene rings is 1. The van der Waals surface area contributed by atoms with Crippen molar-refractivity contribution >= 4 is 17.4 Å². The van der Waals surface area contributed by atoms with Crippen LogP contribution in [0.1, 0.15) is 5.56 Å². The first-order valence-electron chi connectivity index (χ1n) is 5.21. The van der Waals surface area contributed by atoms with Gasteiger partial charge in [0.1, 0.15) is 11.2 Å². The van der Waals surface area contributed by atoms with Gasteiger partial charge in [-0.15, -0.1) is 0 Å². The van der Waals surface area contributed by atoms with Gasteiger partial charge < -0.3 is 0 Å². The Morgan fingerprint density at radius 3 is 2.58 bits per heavy atom. The minimum Gasteiger partial charge on any atom is -0.258 e. The molecule has 0 N–H and O–H groups in total.